The van der Waals surface area contributed by atoms with Gasteiger partial charge in [0.15, 0.2) is 29.3 Å². The highest BCUT2D eigenvalue weighted by molar-refractivity contribution is 5.93. The van der Waals surface area contributed by atoms with Crippen LogP contribution in [0.15, 0.2) is 47.6 Å². The zero-order valence-corrected chi connectivity index (χ0v) is 17.6. The Bertz CT molecular complexity index is 1010. The normalized spacial score (nSPS) is 19.2. The van der Waals surface area contributed by atoms with Gasteiger partial charge in [-0.05, 0) is 36.2 Å². The lowest BCUT2D eigenvalue weighted by Gasteiger charge is -2.26. The number of halogens is 5. The van der Waals surface area contributed by atoms with Crippen LogP contribution in [0.5, 0.6) is 11.5 Å². The lowest BCUT2D eigenvalue weighted by Crippen LogP contribution is -2.42. The molecule has 11 heteroatoms. The van der Waals surface area contributed by atoms with Gasteiger partial charge in [0, 0.05) is 7.05 Å². The fraction of sp³-hybridized carbons (Fsp3) is 0.364. The third-order valence-electron chi connectivity index (χ3n) is 5.05. The minimum atomic E-state index is -4.81. The number of rotatable bonds is 8. The van der Waals surface area contributed by atoms with E-state index in [1.807, 2.05) is 0 Å². The van der Waals surface area contributed by atoms with Gasteiger partial charge in [0.1, 0.15) is 12.4 Å². The Balaban J connectivity index is 1.81. The van der Waals surface area contributed by atoms with Crippen molar-refractivity contribution in [2.45, 2.75) is 25.7 Å². The monoisotopic (exact) mass is 472 g/mol. The van der Waals surface area contributed by atoms with E-state index in [4.69, 9.17) is 14.6 Å². The molecule has 2 aromatic carbocycles. The predicted octanol–water partition coefficient (Wildman–Crippen LogP) is 4.49. The Labute approximate surface area is 186 Å². The summed E-state index contributed by atoms with van der Waals surface area (Å²) in [7, 11) is 1.29. The van der Waals surface area contributed by atoms with Crippen molar-refractivity contribution >= 4 is 11.7 Å². The van der Waals surface area contributed by atoms with Gasteiger partial charge >= 0.3 is 12.1 Å². The zero-order chi connectivity index (χ0) is 24.3. The number of ether oxygens (including phenoxy) is 2. The van der Waals surface area contributed by atoms with E-state index in [2.05, 4.69) is 5.10 Å². The van der Waals surface area contributed by atoms with Crippen LogP contribution in [0.25, 0.3) is 0 Å². The second-order valence-corrected chi connectivity index (χ2v) is 7.63. The number of para-hydroxylation sites is 1. The molecule has 0 fully saturated rings. The van der Waals surface area contributed by atoms with Crippen LogP contribution in [0.4, 0.5) is 22.0 Å². The summed E-state index contributed by atoms with van der Waals surface area (Å²) in [6.45, 7) is 0.614. The molecular formula is C22H21F5N2O4. The first-order chi connectivity index (χ1) is 15.5. The average molecular weight is 472 g/mol. The number of hydrogen-bond donors (Lipinski definition) is 1. The van der Waals surface area contributed by atoms with Crippen LogP contribution in [0, 0.1) is 23.5 Å². The van der Waals surface area contributed by atoms with Crippen LogP contribution in [0.3, 0.4) is 0 Å². The maximum absolute atomic E-state index is 14.5. The maximum Gasteiger partial charge on any atom is 0.431 e. The quantitative estimate of drug-likeness (QED) is 0.574. The number of aliphatic carboxylic acids is 1. The summed E-state index contributed by atoms with van der Waals surface area (Å²) in [5, 5.41) is 13.4. The molecule has 0 saturated carbocycles. The lowest BCUT2D eigenvalue weighted by atomic mass is 10.0. The number of alkyl halides is 3. The third-order valence-corrected chi connectivity index (χ3v) is 5.05. The van der Waals surface area contributed by atoms with E-state index in [0.29, 0.717) is 0 Å². The van der Waals surface area contributed by atoms with Crippen LogP contribution in [-0.4, -0.2) is 47.9 Å². The molecule has 1 N–H and O–H groups in total. The number of carboxylic acids is 1. The summed E-state index contributed by atoms with van der Waals surface area (Å²) in [4.78, 5) is 11.0. The second kappa shape index (κ2) is 9.63. The summed E-state index contributed by atoms with van der Waals surface area (Å²) >= 11 is 0. The number of nitrogens with zero attached hydrogens (tertiary/aromatic N) is 2. The standard InChI is InChI=1S/C22H21F5N2O4/c1-12(21(30)31)8-13-9-16(23)18(17(24)10-13)32-11-15-19(22(25,26)27)28-29(2)20(15)33-14-6-4-3-5-7-14/h3-7,9-10,12,15,20H,8,11H2,1-2H3,(H,30,31). The lowest BCUT2D eigenvalue weighted by molar-refractivity contribution is -0.141. The highest BCUT2D eigenvalue weighted by Crippen LogP contribution is 2.34. The molecule has 0 spiro atoms. The Morgan fingerprint density at radius 3 is 2.33 bits per heavy atom. The number of benzene rings is 2. The van der Waals surface area contributed by atoms with Crippen molar-refractivity contribution in [3.8, 4) is 11.5 Å². The molecule has 3 rings (SSSR count). The molecular weight excluding hydrogens is 451 g/mol. The van der Waals surface area contributed by atoms with Gasteiger partial charge in [0.2, 0.25) is 0 Å². The van der Waals surface area contributed by atoms with Crippen LogP contribution < -0.4 is 9.47 Å². The van der Waals surface area contributed by atoms with Gasteiger partial charge < -0.3 is 14.6 Å². The summed E-state index contributed by atoms with van der Waals surface area (Å²) in [6.07, 6.45) is -6.18. The average Bonchev–Trinajstić information content (AvgIpc) is 3.04. The Hall–Kier alpha value is -3.37. The summed E-state index contributed by atoms with van der Waals surface area (Å²) in [5.41, 5.74) is -1.12. The topological polar surface area (TPSA) is 71.4 Å². The Morgan fingerprint density at radius 2 is 1.79 bits per heavy atom. The first-order valence-corrected chi connectivity index (χ1v) is 9.91. The summed E-state index contributed by atoms with van der Waals surface area (Å²) in [6, 6.07) is 9.87. The van der Waals surface area contributed by atoms with Crippen molar-refractivity contribution in [2.75, 3.05) is 13.7 Å². The van der Waals surface area contributed by atoms with Crippen molar-refractivity contribution < 1.29 is 41.3 Å². The number of carbonyl (C=O) groups is 1. The van der Waals surface area contributed by atoms with E-state index < -0.39 is 59.9 Å². The van der Waals surface area contributed by atoms with Crippen molar-refractivity contribution in [3.05, 3.63) is 59.7 Å². The minimum Gasteiger partial charge on any atom is -0.487 e. The SMILES string of the molecule is CC(Cc1cc(F)c(OCC2C(C(F)(F)F)=NN(C)C2Oc2ccccc2)c(F)c1)C(=O)O. The molecule has 3 atom stereocenters. The van der Waals surface area contributed by atoms with Crippen molar-refractivity contribution in [3.63, 3.8) is 0 Å². The first kappa shape index (κ1) is 24.3. The highest BCUT2D eigenvalue weighted by atomic mass is 19.4. The summed E-state index contributed by atoms with van der Waals surface area (Å²) in [5.74, 6) is -6.40. The Morgan fingerprint density at radius 1 is 1.18 bits per heavy atom. The van der Waals surface area contributed by atoms with Gasteiger partial charge in [-0.2, -0.15) is 18.3 Å². The smallest absolute Gasteiger partial charge is 0.431 e. The van der Waals surface area contributed by atoms with Crippen molar-refractivity contribution in [2.24, 2.45) is 16.9 Å². The molecule has 1 heterocycles. The van der Waals surface area contributed by atoms with Crippen LogP contribution in [-0.2, 0) is 11.2 Å². The molecule has 0 aromatic heterocycles. The molecule has 0 radical (unpaired) electrons. The van der Waals surface area contributed by atoms with E-state index >= 15 is 0 Å². The van der Waals surface area contributed by atoms with Gasteiger partial charge in [0.25, 0.3) is 0 Å². The number of carboxylic acid groups (broad SMARTS) is 1. The van der Waals surface area contributed by atoms with Gasteiger partial charge in [0.05, 0.1) is 11.8 Å². The largest absolute Gasteiger partial charge is 0.487 e. The third kappa shape index (κ3) is 5.71. The summed E-state index contributed by atoms with van der Waals surface area (Å²) < 4.78 is 80.4. The molecule has 0 amide bonds. The van der Waals surface area contributed by atoms with Crippen LogP contribution in [0.2, 0.25) is 0 Å². The number of hydrogen-bond acceptors (Lipinski definition) is 5. The first-order valence-electron chi connectivity index (χ1n) is 9.91. The molecule has 1 aliphatic heterocycles. The fourth-order valence-corrected chi connectivity index (χ4v) is 3.40. The molecule has 33 heavy (non-hydrogen) atoms. The zero-order valence-electron chi connectivity index (χ0n) is 17.6. The van der Waals surface area contributed by atoms with Crippen LogP contribution in [0.1, 0.15) is 12.5 Å². The van der Waals surface area contributed by atoms with Gasteiger partial charge in [-0.3, -0.25) is 9.80 Å². The van der Waals surface area contributed by atoms with E-state index in [1.165, 1.54) is 14.0 Å². The van der Waals surface area contributed by atoms with Gasteiger partial charge in [-0.1, -0.05) is 25.1 Å². The van der Waals surface area contributed by atoms with Crippen molar-refractivity contribution in [1.82, 2.24) is 5.01 Å². The molecule has 178 valence electrons. The highest BCUT2D eigenvalue weighted by Gasteiger charge is 2.51. The molecule has 2 aromatic rings. The van der Waals surface area contributed by atoms with Crippen molar-refractivity contribution in [1.29, 1.82) is 0 Å². The van der Waals surface area contributed by atoms with Crippen LogP contribution >= 0.6 is 0 Å². The molecule has 0 bridgehead atoms. The molecule has 6 nitrogen and oxygen atoms in total. The van der Waals surface area contributed by atoms with E-state index in [-0.39, 0.29) is 17.7 Å². The van der Waals surface area contributed by atoms with Gasteiger partial charge in [-0.15, -0.1) is 0 Å². The Kier molecular flexibility index (Phi) is 7.09. The van der Waals surface area contributed by atoms with Gasteiger partial charge in [-0.25, -0.2) is 8.78 Å². The van der Waals surface area contributed by atoms with E-state index in [1.54, 1.807) is 30.3 Å². The molecule has 0 saturated heterocycles. The molecule has 3 unspecified atom stereocenters. The fourth-order valence-electron chi connectivity index (χ4n) is 3.40. The van der Waals surface area contributed by atoms with E-state index in [9.17, 15) is 26.7 Å². The maximum atomic E-state index is 14.5. The predicted molar refractivity (Wildman–Crippen MR) is 108 cm³/mol. The minimum absolute atomic E-state index is 0.0793. The van der Waals surface area contributed by atoms with E-state index in [0.717, 1.165) is 17.1 Å². The number of hydrazone groups is 1. The molecule has 1 aliphatic rings. The second-order valence-electron chi connectivity index (χ2n) is 7.63. The molecule has 0 aliphatic carbocycles.